The minimum atomic E-state index is -0.165. The largest absolute Gasteiger partial charge is 0.489 e. The molecule has 1 aliphatic heterocycles. The van der Waals surface area contributed by atoms with Gasteiger partial charge in [-0.15, -0.1) is 0 Å². The Labute approximate surface area is 286 Å². The average molecular weight is 626 g/mol. The molecule has 2 atom stereocenters. The fraction of sp³-hybridized carbons (Fsp3) is 0.174. The third-order valence-corrected chi connectivity index (χ3v) is 9.57. The first-order valence-electron chi connectivity index (χ1n) is 17.2. The van der Waals surface area contributed by atoms with Crippen LogP contribution in [0, 0.1) is 5.92 Å². The monoisotopic (exact) mass is 625 g/mol. The molecule has 3 aliphatic rings. The molecule has 4 aromatic carbocycles. The Bertz CT molecular complexity index is 1880. The third-order valence-electron chi connectivity index (χ3n) is 9.57. The molecule has 0 spiro atoms. The summed E-state index contributed by atoms with van der Waals surface area (Å²) in [5.41, 5.74) is 12.7. The van der Waals surface area contributed by atoms with Crippen molar-refractivity contribution in [3.63, 3.8) is 0 Å². The van der Waals surface area contributed by atoms with Crippen molar-refractivity contribution in [1.82, 2.24) is 0 Å². The van der Waals surface area contributed by atoms with Gasteiger partial charge in [-0.25, -0.2) is 0 Å². The predicted molar refractivity (Wildman–Crippen MR) is 204 cm³/mol. The smallest absolute Gasteiger partial charge is 0.143 e. The van der Waals surface area contributed by atoms with Gasteiger partial charge in [0.25, 0.3) is 0 Å². The van der Waals surface area contributed by atoms with Crippen molar-refractivity contribution in [3.05, 3.63) is 198 Å². The maximum Gasteiger partial charge on any atom is 0.143 e. The Morgan fingerprint density at radius 2 is 1.35 bits per heavy atom. The maximum atomic E-state index is 6.27. The normalized spacial score (nSPS) is 19.2. The van der Waals surface area contributed by atoms with Gasteiger partial charge in [-0.2, -0.15) is 0 Å². The van der Waals surface area contributed by atoms with Gasteiger partial charge in [-0.3, -0.25) is 0 Å². The molecule has 2 aliphatic carbocycles. The minimum Gasteiger partial charge on any atom is -0.489 e. The molecule has 0 N–H and O–H groups in total. The van der Waals surface area contributed by atoms with E-state index in [-0.39, 0.29) is 12.1 Å². The highest BCUT2D eigenvalue weighted by Gasteiger charge is 2.25. The summed E-state index contributed by atoms with van der Waals surface area (Å²) in [6, 6.07) is 41.6. The third kappa shape index (κ3) is 6.85. The van der Waals surface area contributed by atoms with Gasteiger partial charge in [0, 0.05) is 16.9 Å². The molecule has 0 fully saturated rings. The number of para-hydroxylation sites is 2. The lowest BCUT2D eigenvalue weighted by Crippen LogP contribution is -2.30. The van der Waals surface area contributed by atoms with Crippen LogP contribution in [0.1, 0.15) is 49.8 Å². The quantitative estimate of drug-likeness (QED) is 0.172. The van der Waals surface area contributed by atoms with Crippen LogP contribution in [0.2, 0.25) is 0 Å². The predicted octanol–water partition coefficient (Wildman–Crippen LogP) is 11.9. The fourth-order valence-corrected chi connectivity index (χ4v) is 7.03. The van der Waals surface area contributed by atoms with E-state index in [2.05, 4.69) is 177 Å². The molecule has 48 heavy (non-hydrogen) atoms. The number of allylic oxidation sites excluding steroid dienone is 9. The van der Waals surface area contributed by atoms with Crippen LogP contribution in [0.4, 0.5) is 11.4 Å². The van der Waals surface area contributed by atoms with Gasteiger partial charge in [0.1, 0.15) is 6.10 Å². The molecule has 2 unspecified atom stereocenters. The number of benzene rings is 4. The number of nitrogens with zero attached hydrogens (tertiary/aromatic N) is 1. The standard InChI is InChI=1S/C46H43NO/c1-34(2)35-21-25-39(26-22-35)45(46(38-14-6-3-7-15-38)44-20-12-13-33-48-44)40-27-23-36(24-28-40)37-29-31-43(32-30-37)47(41-16-8-4-9-17-41)42-18-10-5-11-19-42/h3-21,23-25,27-31,33-34,43-44H,22,26,32H2,1-2H3/b46-45+. The summed E-state index contributed by atoms with van der Waals surface area (Å²) in [5, 5.41) is 0. The maximum absolute atomic E-state index is 6.27. The Balaban J connectivity index is 1.23. The molecule has 1 heterocycles. The molecule has 0 radical (unpaired) electrons. The van der Waals surface area contributed by atoms with Crippen LogP contribution >= 0.6 is 0 Å². The molecule has 0 aromatic heterocycles. The number of hydrogen-bond donors (Lipinski definition) is 0. The molecule has 0 saturated heterocycles. The molecule has 7 rings (SSSR count). The Morgan fingerprint density at radius 3 is 1.90 bits per heavy atom. The van der Waals surface area contributed by atoms with Crippen molar-refractivity contribution < 1.29 is 4.74 Å². The van der Waals surface area contributed by atoms with Gasteiger partial charge in [-0.05, 0) is 95.0 Å². The molecule has 2 nitrogen and oxygen atoms in total. The zero-order valence-corrected chi connectivity index (χ0v) is 27.9. The number of ether oxygens (including phenoxy) is 1. The highest BCUT2D eigenvalue weighted by Crippen LogP contribution is 2.41. The van der Waals surface area contributed by atoms with Gasteiger partial charge < -0.3 is 9.64 Å². The van der Waals surface area contributed by atoms with Crippen LogP contribution in [0.3, 0.4) is 0 Å². The first kappa shape index (κ1) is 31.3. The molecule has 0 amide bonds. The topological polar surface area (TPSA) is 12.5 Å². The van der Waals surface area contributed by atoms with Crippen LogP contribution < -0.4 is 4.90 Å². The molecule has 4 aromatic rings. The van der Waals surface area contributed by atoms with E-state index in [0.717, 1.165) is 19.3 Å². The molecule has 0 saturated carbocycles. The Hall–Kier alpha value is -5.34. The van der Waals surface area contributed by atoms with Crippen LogP contribution in [0.25, 0.3) is 16.7 Å². The van der Waals surface area contributed by atoms with Crippen molar-refractivity contribution in [2.75, 3.05) is 4.90 Å². The lowest BCUT2D eigenvalue weighted by molar-refractivity contribution is 0.232. The van der Waals surface area contributed by atoms with Crippen molar-refractivity contribution in [2.45, 2.75) is 45.3 Å². The molecule has 2 heteroatoms. The molecular weight excluding hydrogens is 583 g/mol. The summed E-state index contributed by atoms with van der Waals surface area (Å²) in [6.45, 7) is 4.58. The summed E-state index contributed by atoms with van der Waals surface area (Å²) >= 11 is 0. The second kappa shape index (κ2) is 14.6. The van der Waals surface area contributed by atoms with E-state index in [4.69, 9.17) is 4.74 Å². The fourth-order valence-electron chi connectivity index (χ4n) is 7.03. The summed E-state index contributed by atoms with van der Waals surface area (Å²) < 4.78 is 6.27. The first-order valence-corrected chi connectivity index (χ1v) is 17.2. The Morgan fingerprint density at radius 1 is 0.688 bits per heavy atom. The number of rotatable bonds is 9. The lowest BCUT2D eigenvalue weighted by Gasteiger charge is -2.33. The van der Waals surface area contributed by atoms with Crippen LogP contribution in [0.15, 0.2) is 181 Å². The highest BCUT2D eigenvalue weighted by molar-refractivity contribution is 6.01. The first-order chi connectivity index (χ1) is 23.7. The van der Waals surface area contributed by atoms with Crippen LogP contribution in [-0.2, 0) is 4.74 Å². The van der Waals surface area contributed by atoms with Crippen molar-refractivity contribution in [1.29, 1.82) is 0 Å². The number of hydrogen-bond acceptors (Lipinski definition) is 2. The lowest BCUT2D eigenvalue weighted by atomic mass is 9.81. The summed E-state index contributed by atoms with van der Waals surface area (Å²) in [7, 11) is 0. The van der Waals surface area contributed by atoms with E-state index < -0.39 is 0 Å². The van der Waals surface area contributed by atoms with Gasteiger partial charge in [-0.1, -0.05) is 147 Å². The van der Waals surface area contributed by atoms with Crippen LogP contribution in [0.5, 0.6) is 0 Å². The van der Waals surface area contributed by atoms with E-state index >= 15 is 0 Å². The SMILES string of the molecule is CC(C)C1=CC=C(/C(=C(/c2ccccc2)C2C=CC=CO2)c2ccc(C3=CCC(N(c4ccccc4)c4ccccc4)C=C3)cc2)CC1. The van der Waals surface area contributed by atoms with Crippen molar-refractivity contribution in [3.8, 4) is 0 Å². The van der Waals surface area contributed by atoms with E-state index in [1.165, 1.54) is 55.9 Å². The zero-order chi connectivity index (χ0) is 32.7. The van der Waals surface area contributed by atoms with Gasteiger partial charge in [0.2, 0.25) is 0 Å². The summed E-state index contributed by atoms with van der Waals surface area (Å²) in [6.07, 6.45) is 22.6. The minimum absolute atomic E-state index is 0.165. The van der Waals surface area contributed by atoms with E-state index in [1.807, 2.05) is 12.3 Å². The number of anilines is 2. The summed E-state index contributed by atoms with van der Waals surface area (Å²) in [4.78, 5) is 2.43. The van der Waals surface area contributed by atoms with Gasteiger partial charge >= 0.3 is 0 Å². The van der Waals surface area contributed by atoms with Gasteiger partial charge in [0.05, 0.1) is 12.3 Å². The molecule has 238 valence electrons. The Kier molecular flexibility index (Phi) is 9.52. The molecule has 0 bridgehead atoms. The van der Waals surface area contributed by atoms with Crippen molar-refractivity contribution in [2.24, 2.45) is 5.92 Å². The second-order valence-electron chi connectivity index (χ2n) is 13.0. The van der Waals surface area contributed by atoms with E-state index in [0.29, 0.717) is 5.92 Å². The van der Waals surface area contributed by atoms with E-state index in [1.54, 1.807) is 0 Å². The van der Waals surface area contributed by atoms with E-state index in [9.17, 15) is 0 Å². The second-order valence-corrected chi connectivity index (χ2v) is 13.0. The molecular formula is C46H43NO. The highest BCUT2D eigenvalue weighted by atomic mass is 16.5. The van der Waals surface area contributed by atoms with Crippen molar-refractivity contribution >= 4 is 28.1 Å². The summed E-state index contributed by atoms with van der Waals surface area (Å²) in [5.74, 6) is 0.557. The zero-order valence-electron chi connectivity index (χ0n) is 27.9. The van der Waals surface area contributed by atoms with Gasteiger partial charge in [0.15, 0.2) is 0 Å². The average Bonchev–Trinajstić information content (AvgIpc) is 3.16. The van der Waals surface area contributed by atoms with Crippen LogP contribution in [-0.4, -0.2) is 12.1 Å².